The molecule has 0 aliphatic heterocycles. The smallest absolute Gasteiger partial charge is 0.257 e. The summed E-state index contributed by atoms with van der Waals surface area (Å²) in [6.45, 7) is 7.24. The van der Waals surface area contributed by atoms with E-state index >= 15 is 0 Å². The molecule has 0 aromatic carbocycles. The van der Waals surface area contributed by atoms with Gasteiger partial charge in [0.1, 0.15) is 0 Å². The zero-order chi connectivity index (χ0) is 10.4. The summed E-state index contributed by atoms with van der Waals surface area (Å²) in [4.78, 5) is 4.15. The van der Waals surface area contributed by atoms with Crippen LogP contribution in [-0.2, 0) is 6.42 Å². The van der Waals surface area contributed by atoms with Crippen LogP contribution in [-0.4, -0.2) is 18.2 Å². The van der Waals surface area contributed by atoms with Crippen molar-refractivity contribution in [1.82, 2.24) is 11.1 Å². The molecular weight excluding hydrogens is 192 g/mol. The molecule has 0 fully saturated rings. The van der Waals surface area contributed by atoms with Crippen LogP contribution in [0.2, 0.25) is 0 Å². The van der Waals surface area contributed by atoms with Crippen molar-refractivity contribution in [3.63, 3.8) is 0 Å². The van der Waals surface area contributed by atoms with Gasteiger partial charge >= 0.3 is 0 Å². The number of nitrogens with zero attached hydrogens (tertiary/aromatic N) is 1. The molecule has 0 radical (unpaired) electrons. The number of aromatic nitrogens is 1. The van der Waals surface area contributed by atoms with Gasteiger partial charge in [0.25, 0.3) is 5.88 Å². The Morgan fingerprint density at radius 2 is 1.80 bits per heavy atom. The second-order valence-electron chi connectivity index (χ2n) is 2.82. The topological polar surface area (TPSA) is 66.3 Å². The summed E-state index contributed by atoms with van der Waals surface area (Å²) in [6.07, 6.45) is 2.68. The van der Waals surface area contributed by atoms with E-state index in [9.17, 15) is 0 Å². The van der Waals surface area contributed by atoms with Gasteiger partial charge in [-0.1, -0.05) is 6.92 Å². The minimum atomic E-state index is 0. The average molecular weight is 212 g/mol. The first-order chi connectivity index (χ1) is 6.83. The maximum absolute atomic E-state index is 5.52. The van der Waals surface area contributed by atoms with E-state index in [1.54, 1.807) is 6.20 Å². The lowest BCUT2D eigenvalue weighted by Gasteiger charge is -2.12. The number of ether oxygens (including phenoxy) is 2. The Hall–Kier alpha value is -1.29. The summed E-state index contributed by atoms with van der Waals surface area (Å²) in [5.74, 6) is 1.40. The highest BCUT2D eigenvalue weighted by molar-refractivity contribution is 5.41. The summed E-state index contributed by atoms with van der Waals surface area (Å²) in [7, 11) is 0. The van der Waals surface area contributed by atoms with E-state index in [2.05, 4.69) is 11.9 Å². The summed E-state index contributed by atoms with van der Waals surface area (Å²) >= 11 is 0. The van der Waals surface area contributed by atoms with Gasteiger partial charge in [-0.2, -0.15) is 0 Å². The highest BCUT2D eigenvalue weighted by Crippen LogP contribution is 2.29. The van der Waals surface area contributed by atoms with Crippen LogP contribution >= 0.6 is 0 Å². The van der Waals surface area contributed by atoms with Gasteiger partial charge in [-0.25, -0.2) is 4.98 Å². The maximum atomic E-state index is 5.52. The SMILES string of the molecule is CCOc1nccc(CC)c1OCC.N. The molecule has 86 valence electrons. The van der Waals surface area contributed by atoms with Crippen molar-refractivity contribution in [3.8, 4) is 11.6 Å². The fraction of sp³-hybridized carbons (Fsp3) is 0.545. The third-order valence-electron chi connectivity index (χ3n) is 1.90. The van der Waals surface area contributed by atoms with Gasteiger partial charge in [0.15, 0.2) is 5.75 Å². The van der Waals surface area contributed by atoms with Crippen LogP contribution in [0.4, 0.5) is 0 Å². The Labute approximate surface area is 91.2 Å². The molecule has 1 rings (SSSR count). The van der Waals surface area contributed by atoms with Gasteiger partial charge in [0, 0.05) is 11.8 Å². The molecule has 0 atom stereocenters. The predicted octanol–water partition coefficient (Wildman–Crippen LogP) is 2.60. The molecule has 3 N–H and O–H groups in total. The summed E-state index contributed by atoms with van der Waals surface area (Å²) in [5, 5.41) is 0. The van der Waals surface area contributed by atoms with Gasteiger partial charge in [-0.15, -0.1) is 0 Å². The lowest BCUT2D eigenvalue weighted by Crippen LogP contribution is -2.02. The number of hydrogen-bond acceptors (Lipinski definition) is 4. The fourth-order valence-corrected chi connectivity index (χ4v) is 1.28. The number of pyridine rings is 1. The van der Waals surface area contributed by atoms with Gasteiger partial charge in [-0.05, 0) is 26.3 Å². The molecule has 15 heavy (non-hydrogen) atoms. The lowest BCUT2D eigenvalue weighted by atomic mass is 10.2. The summed E-state index contributed by atoms with van der Waals surface area (Å²) in [5.41, 5.74) is 1.14. The van der Waals surface area contributed by atoms with Crippen molar-refractivity contribution in [3.05, 3.63) is 17.8 Å². The van der Waals surface area contributed by atoms with Crippen LogP contribution in [0.3, 0.4) is 0 Å². The zero-order valence-corrected chi connectivity index (χ0v) is 9.75. The third kappa shape index (κ3) is 3.40. The van der Waals surface area contributed by atoms with Crippen molar-refractivity contribution in [1.29, 1.82) is 0 Å². The van der Waals surface area contributed by atoms with E-state index in [1.807, 2.05) is 19.9 Å². The van der Waals surface area contributed by atoms with E-state index < -0.39 is 0 Å². The molecule has 0 saturated heterocycles. The van der Waals surface area contributed by atoms with Gasteiger partial charge in [0.05, 0.1) is 13.2 Å². The fourth-order valence-electron chi connectivity index (χ4n) is 1.28. The van der Waals surface area contributed by atoms with Crippen LogP contribution in [0.25, 0.3) is 0 Å². The summed E-state index contributed by atoms with van der Waals surface area (Å²) in [6, 6.07) is 1.97. The molecule has 0 bridgehead atoms. The maximum Gasteiger partial charge on any atom is 0.257 e. The Balaban J connectivity index is 0.00000196. The Kier molecular flexibility index (Phi) is 6.45. The molecule has 1 aromatic rings. The first kappa shape index (κ1) is 13.7. The van der Waals surface area contributed by atoms with E-state index in [1.165, 1.54) is 0 Å². The number of rotatable bonds is 5. The zero-order valence-electron chi connectivity index (χ0n) is 9.75. The molecule has 4 nitrogen and oxygen atoms in total. The van der Waals surface area contributed by atoms with Crippen molar-refractivity contribution < 1.29 is 9.47 Å². The van der Waals surface area contributed by atoms with Crippen LogP contribution in [0.5, 0.6) is 11.6 Å². The first-order valence-corrected chi connectivity index (χ1v) is 5.06. The first-order valence-electron chi connectivity index (χ1n) is 5.06. The van der Waals surface area contributed by atoms with E-state index in [4.69, 9.17) is 9.47 Å². The van der Waals surface area contributed by atoms with Gasteiger partial charge in [0.2, 0.25) is 0 Å². The van der Waals surface area contributed by atoms with Crippen LogP contribution in [0, 0.1) is 0 Å². The highest BCUT2D eigenvalue weighted by Gasteiger charge is 2.10. The second-order valence-corrected chi connectivity index (χ2v) is 2.82. The summed E-state index contributed by atoms with van der Waals surface area (Å²) < 4.78 is 10.9. The quantitative estimate of drug-likeness (QED) is 0.814. The van der Waals surface area contributed by atoms with Gasteiger partial charge in [-0.3, -0.25) is 0 Å². The average Bonchev–Trinajstić information content (AvgIpc) is 2.21. The molecule has 4 heteroatoms. The molecule has 0 aliphatic carbocycles. The Morgan fingerprint density at radius 3 is 2.33 bits per heavy atom. The van der Waals surface area contributed by atoms with Gasteiger partial charge < -0.3 is 15.6 Å². The van der Waals surface area contributed by atoms with E-state index in [0.717, 1.165) is 17.7 Å². The third-order valence-corrected chi connectivity index (χ3v) is 1.90. The highest BCUT2D eigenvalue weighted by atomic mass is 16.5. The van der Waals surface area contributed by atoms with Crippen molar-refractivity contribution in [2.45, 2.75) is 27.2 Å². The molecule has 0 unspecified atom stereocenters. The Morgan fingerprint density at radius 1 is 1.13 bits per heavy atom. The van der Waals surface area contributed by atoms with Crippen molar-refractivity contribution in [2.75, 3.05) is 13.2 Å². The normalized spacial score (nSPS) is 9.27. The molecule has 0 spiro atoms. The predicted molar refractivity (Wildman–Crippen MR) is 61.0 cm³/mol. The van der Waals surface area contributed by atoms with Crippen molar-refractivity contribution >= 4 is 0 Å². The number of hydrogen-bond donors (Lipinski definition) is 1. The van der Waals surface area contributed by atoms with E-state index in [-0.39, 0.29) is 6.15 Å². The Bertz CT molecular complexity index is 290. The second kappa shape index (κ2) is 7.06. The van der Waals surface area contributed by atoms with Crippen LogP contribution in [0.1, 0.15) is 26.3 Å². The molecule has 0 saturated carbocycles. The number of aryl methyl sites for hydroxylation is 1. The molecule has 0 amide bonds. The lowest BCUT2D eigenvalue weighted by molar-refractivity contribution is 0.276. The van der Waals surface area contributed by atoms with E-state index in [0.29, 0.717) is 19.1 Å². The van der Waals surface area contributed by atoms with Crippen LogP contribution < -0.4 is 15.6 Å². The molecule has 1 heterocycles. The molecule has 1 aromatic heterocycles. The standard InChI is InChI=1S/C11H17NO2.H3N/c1-4-9-7-8-12-11(14-6-3)10(9)13-5-2;/h7-8H,4-6H2,1-3H3;1H3. The van der Waals surface area contributed by atoms with Crippen LogP contribution in [0.15, 0.2) is 12.3 Å². The van der Waals surface area contributed by atoms with Crippen molar-refractivity contribution in [2.24, 2.45) is 0 Å². The molecular formula is C11H20N2O2. The molecule has 0 aliphatic rings. The monoisotopic (exact) mass is 212 g/mol. The largest absolute Gasteiger partial charge is 0.488 e. The minimum absolute atomic E-state index is 0. The minimum Gasteiger partial charge on any atom is -0.488 e.